The number of hydroxylamine groups is 1. The van der Waals surface area contributed by atoms with Crippen LogP contribution in [0.2, 0.25) is 0 Å². The summed E-state index contributed by atoms with van der Waals surface area (Å²) in [7, 11) is 1.51. The molecule has 2 amide bonds. The van der Waals surface area contributed by atoms with Gasteiger partial charge in [-0.05, 0) is 60.2 Å². The van der Waals surface area contributed by atoms with Gasteiger partial charge in [0.2, 0.25) is 5.91 Å². The summed E-state index contributed by atoms with van der Waals surface area (Å²) in [5.74, 6) is -1.68. The number of hydrogen-bond acceptors (Lipinski definition) is 9. The highest BCUT2D eigenvalue weighted by molar-refractivity contribution is 6.24. The number of ether oxygens (including phenoxy) is 2. The molecule has 0 unspecified atom stereocenters. The summed E-state index contributed by atoms with van der Waals surface area (Å²) < 4.78 is 10.7. The van der Waals surface area contributed by atoms with Gasteiger partial charge in [0.1, 0.15) is 17.4 Å². The summed E-state index contributed by atoms with van der Waals surface area (Å²) in [6.07, 6.45) is -1.17. The van der Waals surface area contributed by atoms with Crippen LogP contribution in [0.4, 0.5) is 17.1 Å². The largest absolute Gasteiger partial charge is 0.497 e. The monoisotopic (exact) mass is 565 g/mol. The third kappa shape index (κ3) is 4.71. The van der Waals surface area contributed by atoms with Gasteiger partial charge in [-0.2, -0.15) is 0 Å². The van der Waals surface area contributed by atoms with E-state index in [2.05, 4.69) is 0 Å². The Hall–Kier alpha value is -5.55. The normalized spacial score (nSPS) is 19.5. The van der Waals surface area contributed by atoms with Gasteiger partial charge < -0.3 is 9.47 Å². The van der Waals surface area contributed by atoms with Crippen LogP contribution in [0.1, 0.15) is 22.0 Å². The van der Waals surface area contributed by atoms with Crippen molar-refractivity contribution in [2.75, 3.05) is 17.1 Å². The molecule has 0 aliphatic carbocycles. The van der Waals surface area contributed by atoms with Gasteiger partial charge in [-0.25, -0.2) is 14.8 Å². The Kier molecular flexibility index (Phi) is 6.85. The molecule has 3 atom stereocenters. The Morgan fingerprint density at radius 2 is 1.52 bits per heavy atom. The predicted octanol–water partition coefficient (Wildman–Crippen LogP) is 4.87. The number of rotatable bonds is 7. The van der Waals surface area contributed by atoms with Crippen LogP contribution < -0.4 is 19.4 Å². The number of hydrogen-bond donors (Lipinski definition) is 0. The van der Waals surface area contributed by atoms with Crippen LogP contribution >= 0.6 is 0 Å². The zero-order valence-corrected chi connectivity index (χ0v) is 22.2. The number of amides is 2. The van der Waals surface area contributed by atoms with Crippen molar-refractivity contribution in [2.45, 2.75) is 12.1 Å². The third-order valence-corrected chi connectivity index (χ3v) is 7.18. The number of esters is 1. The second kappa shape index (κ2) is 10.8. The van der Waals surface area contributed by atoms with E-state index in [1.807, 2.05) is 0 Å². The Labute approximate surface area is 239 Å². The lowest BCUT2D eigenvalue weighted by molar-refractivity contribution is -0.384. The Bertz CT molecular complexity index is 1670. The van der Waals surface area contributed by atoms with Crippen molar-refractivity contribution in [3.8, 4) is 11.5 Å². The predicted molar refractivity (Wildman–Crippen MR) is 150 cm³/mol. The van der Waals surface area contributed by atoms with Gasteiger partial charge >= 0.3 is 5.97 Å². The van der Waals surface area contributed by atoms with Gasteiger partial charge in [0, 0.05) is 12.1 Å². The number of imide groups is 1. The zero-order valence-electron chi connectivity index (χ0n) is 22.2. The van der Waals surface area contributed by atoms with Gasteiger partial charge in [-0.3, -0.25) is 24.5 Å². The summed E-state index contributed by atoms with van der Waals surface area (Å²) in [5.41, 5.74) is 1.46. The summed E-state index contributed by atoms with van der Waals surface area (Å²) in [6.45, 7) is 0. The molecule has 4 aromatic carbocycles. The van der Waals surface area contributed by atoms with Crippen molar-refractivity contribution in [1.29, 1.82) is 0 Å². The number of benzene rings is 4. The maximum Gasteiger partial charge on any atom is 0.343 e. The molecule has 0 radical (unpaired) electrons. The number of nitro groups is 1. The molecule has 11 heteroatoms. The van der Waals surface area contributed by atoms with Crippen molar-refractivity contribution in [3.05, 3.63) is 124 Å². The topological polar surface area (TPSA) is 129 Å². The van der Waals surface area contributed by atoms with Crippen LogP contribution in [-0.4, -0.2) is 35.9 Å². The summed E-state index contributed by atoms with van der Waals surface area (Å²) >= 11 is 0. The minimum atomic E-state index is -1.17. The van der Waals surface area contributed by atoms with Crippen LogP contribution in [0.25, 0.3) is 0 Å². The SMILES string of the molecule is COc1ccc(N2C(=O)[C@H]3[C@H](ON(c4cccc([N+](=O)[O-])c4)[C@H]3c3ccc(OC(=O)c4ccccc4)cc3)C2=O)cc1. The molecule has 210 valence electrons. The quantitative estimate of drug-likeness (QED) is 0.101. The minimum Gasteiger partial charge on any atom is -0.497 e. The minimum absolute atomic E-state index is 0.174. The highest BCUT2D eigenvalue weighted by Crippen LogP contribution is 2.48. The standard InChI is InChI=1S/C31H23N3O8/c1-40-24-16-12-21(13-17-24)32-29(35)26-27(19-10-14-25(15-11-19)41-31(37)20-6-3-2-4-7-20)33(42-28(26)30(32)36)22-8-5-9-23(18-22)34(38)39/h2-18,26-28H,1H3/t26-,27+,28+/m1/s1. The first kappa shape index (κ1) is 26.7. The number of nitro benzene ring substituents is 1. The molecule has 11 nitrogen and oxygen atoms in total. The van der Waals surface area contributed by atoms with Gasteiger partial charge in [-0.15, -0.1) is 0 Å². The van der Waals surface area contributed by atoms with Crippen molar-refractivity contribution >= 4 is 34.8 Å². The number of methoxy groups -OCH3 is 1. The van der Waals surface area contributed by atoms with Crippen molar-refractivity contribution < 1.29 is 33.6 Å². The fourth-order valence-corrected chi connectivity index (χ4v) is 5.18. The Morgan fingerprint density at radius 1 is 0.833 bits per heavy atom. The summed E-state index contributed by atoms with van der Waals surface area (Å²) in [6, 6.07) is 26.5. The fourth-order valence-electron chi connectivity index (χ4n) is 5.18. The lowest BCUT2D eigenvalue weighted by Crippen LogP contribution is -2.37. The highest BCUT2D eigenvalue weighted by Gasteiger charge is 2.60. The molecule has 2 fully saturated rings. The van der Waals surface area contributed by atoms with E-state index in [-0.39, 0.29) is 11.4 Å². The van der Waals surface area contributed by atoms with E-state index in [9.17, 15) is 24.5 Å². The Morgan fingerprint density at radius 3 is 2.19 bits per heavy atom. The molecule has 0 spiro atoms. The molecule has 6 rings (SSSR count). The van der Waals surface area contributed by atoms with Gasteiger partial charge in [-0.1, -0.05) is 36.4 Å². The van der Waals surface area contributed by atoms with Crippen LogP contribution in [-0.2, 0) is 14.4 Å². The third-order valence-electron chi connectivity index (χ3n) is 7.18. The first-order chi connectivity index (χ1) is 20.4. The lowest BCUT2D eigenvalue weighted by atomic mass is 9.90. The second-order valence-electron chi connectivity index (χ2n) is 9.63. The molecule has 2 aliphatic rings. The molecule has 0 saturated carbocycles. The number of carbonyl (C=O) groups is 3. The molecule has 0 bridgehead atoms. The zero-order chi connectivity index (χ0) is 29.4. The number of anilines is 2. The van der Waals surface area contributed by atoms with E-state index in [4.69, 9.17) is 14.3 Å². The maximum absolute atomic E-state index is 13.8. The number of nitrogens with zero attached hydrogens (tertiary/aromatic N) is 3. The van der Waals surface area contributed by atoms with Crippen LogP contribution in [0, 0.1) is 16.0 Å². The lowest BCUT2D eigenvalue weighted by Gasteiger charge is -2.28. The Balaban J connectivity index is 1.35. The average Bonchev–Trinajstić information content (AvgIpc) is 3.53. The molecule has 0 N–H and O–H groups in total. The fraction of sp³-hybridized carbons (Fsp3) is 0.129. The van der Waals surface area contributed by atoms with E-state index in [0.717, 1.165) is 4.90 Å². The first-order valence-electron chi connectivity index (χ1n) is 13.0. The molecule has 0 aromatic heterocycles. The average molecular weight is 566 g/mol. The highest BCUT2D eigenvalue weighted by atomic mass is 16.7. The molecular weight excluding hydrogens is 542 g/mol. The molecule has 42 heavy (non-hydrogen) atoms. The van der Waals surface area contributed by atoms with Crippen LogP contribution in [0.5, 0.6) is 11.5 Å². The number of carbonyl (C=O) groups excluding carboxylic acids is 3. The molecule has 2 aliphatic heterocycles. The summed E-state index contributed by atoms with van der Waals surface area (Å²) in [5, 5.41) is 12.8. The molecule has 2 heterocycles. The molecule has 2 saturated heterocycles. The first-order valence-corrected chi connectivity index (χ1v) is 13.0. The smallest absolute Gasteiger partial charge is 0.343 e. The summed E-state index contributed by atoms with van der Waals surface area (Å²) in [4.78, 5) is 58.0. The van der Waals surface area contributed by atoms with E-state index >= 15 is 0 Å². The number of non-ortho nitro benzene ring substituents is 1. The van der Waals surface area contributed by atoms with Gasteiger partial charge in [0.25, 0.3) is 11.6 Å². The molecule has 4 aromatic rings. The number of fused-ring (bicyclic) bond motifs is 1. The molecular formula is C31H23N3O8. The van der Waals surface area contributed by atoms with Crippen LogP contribution in [0.15, 0.2) is 103 Å². The van der Waals surface area contributed by atoms with Crippen molar-refractivity contribution in [3.63, 3.8) is 0 Å². The van der Waals surface area contributed by atoms with E-state index in [0.29, 0.717) is 28.3 Å². The van der Waals surface area contributed by atoms with Crippen molar-refractivity contribution in [2.24, 2.45) is 5.92 Å². The van der Waals surface area contributed by atoms with E-state index in [1.54, 1.807) is 84.9 Å². The van der Waals surface area contributed by atoms with Crippen LogP contribution in [0.3, 0.4) is 0 Å². The van der Waals surface area contributed by atoms with Gasteiger partial charge in [0.15, 0.2) is 6.10 Å². The van der Waals surface area contributed by atoms with Gasteiger partial charge in [0.05, 0.1) is 35.0 Å². The van der Waals surface area contributed by atoms with E-state index in [1.165, 1.54) is 30.4 Å². The second-order valence-corrected chi connectivity index (χ2v) is 9.63. The van der Waals surface area contributed by atoms with E-state index < -0.39 is 40.8 Å². The maximum atomic E-state index is 13.8. The van der Waals surface area contributed by atoms with Crippen molar-refractivity contribution in [1.82, 2.24) is 0 Å².